The minimum atomic E-state index is 0. The summed E-state index contributed by atoms with van der Waals surface area (Å²) in [5.74, 6) is 0. The second kappa shape index (κ2) is 6.96. The van der Waals surface area contributed by atoms with Crippen LogP contribution in [0.15, 0.2) is 36.4 Å². The molecule has 1 aromatic rings. The van der Waals surface area contributed by atoms with Crippen LogP contribution in [0, 0.1) is 5.41 Å². The molecule has 0 aliphatic carbocycles. The average Bonchev–Trinajstić information content (AvgIpc) is 1.88. The van der Waals surface area contributed by atoms with Crippen molar-refractivity contribution in [2.45, 2.75) is 27.7 Å². The van der Waals surface area contributed by atoms with Crippen molar-refractivity contribution in [3.8, 4) is 0 Å². The Morgan fingerprint density at radius 3 is 0.750 bits per heavy atom. The maximum atomic E-state index is 2.19. The third-order valence-electron chi connectivity index (χ3n) is 0.667. The molecule has 0 spiro atoms. The third kappa shape index (κ3) is 22.8. The Bertz CT molecular complexity index is 129. The van der Waals surface area contributed by atoms with Crippen LogP contribution < -0.4 is 0 Å². The summed E-state index contributed by atoms with van der Waals surface area (Å²) < 4.78 is 0. The summed E-state index contributed by atoms with van der Waals surface area (Å²) in [4.78, 5) is 0. The first-order chi connectivity index (χ1) is 5.00. The van der Waals surface area contributed by atoms with Crippen LogP contribution in [-0.2, 0) is 0 Å². The summed E-state index contributed by atoms with van der Waals surface area (Å²) in [5.41, 5.74) is 0.500. The SMILES string of the molecule is CC(C)(C)C.[B].c1ccccc1. The Labute approximate surface area is 78.6 Å². The Hall–Kier alpha value is -0.715. The molecule has 0 aliphatic rings. The smallest absolute Gasteiger partial charge is 0 e. The Balaban J connectivity index is 0. The first kappa shape index (κ1) is 13.8. The Morgan fingerprint density at radius 2 is 0.667 bits per heavy atom. The zero-order valence-electron chi connectivity index (χ0n) is 8.54. The van der Waals surface area contributed by atoms with Gasteiger partial charge in [0, 0.05) is 8.41 Å². The van der Waals surface area contributed by atoms with Gasteiger partial charge in [0.15, 0.2) is 0 Å². The summed E-state index contributed by atoms with van der Waals surface area (Å²) in [6.45, 7) is 8.75. The van der Waals surface area contributed by atoms with Gasteiger partial charge in [-0.25, -0.2) is 0 Å². The topological polar surface area (TPSA) is 0 Å². The maximum absolute atomic E-state index is 2.19. The minimum Gasteiger partial charge on any atom is -0.0623 e. The third-order valence-corrected chi connectivity index (χ3v) is 0.667. The van der Waals surface area contributed by atoms with E-state index in [4.69, 9.17) is 0 Å². The lowest BCUT2D eigenvalue weighted by atomic mass is 10.0. The van der Waals surface area contributed by atoms with Crippen LogP contribution >= 0.6 is 0 Å². The quantitative estimate of drug-likeness (QED) is 0.511. The van der Waals surface area contributed by atoms with Gasteiger partial charge < -0.3 is 0 Å². The van der Waals surface area contributed by atoms with Gasteiger partial charge in [-0.15, -0.1) is 0 Å². The van der Waals surface area contributed by atoms with Crippen molar-refractivity contribution in [2.24, 2.45) is 5.41 Å². The first-order valence-corrected chi connectivity index (χ1v) is 4.00. The van der Waals surface area contributed by atoms with Gasteiger partial charge in [-0.1, -0.05) is 64.1 Å². The van der Waals surface area contributed by atoms with Gasteiger partial charge in [-0.05, 0) is 5.41 Å². The van der Waals surface area contributed by atoms with E-state index in [1.54, 1.807) is 0 Å². The normalized spacial score (nSPS) is 9.00. The van der Waals surface area contributed by atoms with E-state index in [2.05, 4.69) is 27.7 Å². The van der Waals surface area contributed by atoms with Crippen LogP contribution in [-0.4, -0.2) is 8.41 Å². The summed E-state index contributed by atoms with van der Waals surface area (Å²) in [6, 6.07) is 12.0. The van der Waals surface area contributed by atoms with Gasteiger partial charge in [0.1, 0.15) is 0 Å². The van der Waals surface area contributed by atoms with Crippen LogP contribution in [0.5, 0.6) is 0 Å². The lowest BCUT2D eigenvalue weighted by Gasteiger charge is -2.05. The molecule has 0 bridgehead atoms. The summed E-state index contributed by atoms with van der Waals surface area (Å²) in [6.07, 6.45) is 0. The molecule has 0 aliphatic heterocycles. The van der Waals surface area contributed by atoms with Gasteiger partial charge >= 0.3 is 0 Å². The van der Waals surface area contributed by atoms with E-state index in [1.165, 1.54) is 0 Å². The van der Waals surface area contributed by atoms with E-state index in [1.807, 2.05) is 36.4 Å². The lowest BCUT2D eigenvalue weighted by molar-refractivity contribution is 0.469. The van der Waals surface area contributed by atoms with Gasteiger partial charge in [0.05, 0.1) is 0 Å². The number of hydrogen-bond acceptors (Lipinski definition) is 0. The standard InChI is InChI=1S/C6H6.C5H12.B/c1-2-4-6-5-3-1;1-5(2,3)4;/h1-6H;1-4H3;. The molecular formula is C11H18B. The molecule has 65 valence electrons. The van der Waals surface area contributed by atoms with Crippen molar-refractivity contribution in [1.82, 2.24) is 0 Å². The largest absolute Gasteiger partial charge is 0.0623 e. The van der Waals surface area contributed by atoms with Gasteiger partial charge in [0.2, 0.25) is 0 Å². The highest BCUT2D eigenvalue weighted by Gasteiger charge is 1.95. The zero-order valence-corrected chi connectivity index (χ0v) is 8.54. The van der Waals surface area contributed by atoms with Crippen molar-refractivity contribution in [2.75, 3.05) is 0 Å². The minimum absolute atomic E-state index is 0. The second-order valence-electron chi connectivity index (χ2n) is 4.15. The van der Waals surface area contributed by atoms with E-state index < -0.39 is 0 Å². The van der Waals surface area contributed by atoms with Crippen LogP contribution in [0.3, 0.4) is 0 Å². The van der Waals surface area contributed by atoms with Crippen molar-refractivity contribution in [3.05, 3.63) is 36.4 Å². The first-order valence-electron chi connectivity index (χ1n) is 4.00. The summed E-state index contributed by atoms with van der Waals surface area (Å²) in [5, 5.41) is 0. The fourth-order valence-electron chi connectivity index (χ4n) is 0.385. The molecular weight excluding hydrogens is 143 g/mol. The maximum Gasteiger partial charge on any atom is 0 e. The van der Waals surface area contributed by atoms with Crippen molar-refractivity contribution >= 4 is 8.41 Å². The van der Waals surface area contributed by atoms with Crippen LogP contribution in [0.1, 0.15) is 27.7 Å². The fourth-order valence-corrected chi connectivity index (χ4v) is 0.385. The zero-order chi connectivity index (χ0) is 8.74. The Morgan fingerprint density at radius 1 is 0.583 bits per heavy atom. The molecule has 0 N–H and O–H groups in total. The second-order valence-corrected chi connectivity index (χ2v) is 4.15. The highest BCUT2D eigenvalue weighted by Crippen LogP contribution is 2.08. The predicted molar refractivity (Wildman–Crippen MR) is 57.3 cm³/mol. The lowest BCUT2D eigenvalue weighted by Crippen LogP contribution is -1.93. The van der Waals surface area contributed by atoms with E-state index in [-0.39, 0.29) is 8.41 Å². The average molecular weight is 161 g/mol. The van der Waals surface area contributed by atoms with Crippen LogP contribution in [0.2, 0.25) is 0 Å². The van der Waals surface area contributed by atoms with Crippen LogP contribution in [0.25, 0.3) is 0 Å². The fraction of sp³-hybridized carbons (Fsp3) is 0.455. The molecule has 0 aromatic heterocycles. The molecule has 0 unspecified atom stereocenters. The van der Waals surface area contributed by atoms with Crippen molar-refractivity contribution < 1.29 is 0 Å². The number of rotatable bonds is 0. The Kier molecular flexibility index (Phi) is 8.03. The molecule has 1 heteroatoms. The van der Waals surface area contributed by atoms with Crippen LogP contribution in [0.4, 0.5) is 0 Å². The van der Waals surface area contributed by atoms with Crippen molar-refractivity contribution in [3.63, 3.8) is 0 Å². The predicted octanol–water partition coefficient (Wildman–Crippen LogP) is 3.36. The molecule has 1 rings (SSSR count). The molecule has 0 fully saturated rings. The monoisotopic (exact) mass is 161 g/mol. The van der Waals surface area contributed by atoms with E-state index in [0.717, 1.165) is 0 Å². The number of benzene rings is 1. The molecule has 0 amide bonds. The molecule has 0 heterocycles. The molecule has 1 aromatic carbocycles. The highest BCUT2D eigenvalue weighted by molar-refractivity contribution is 5.75. The summed E-state index contributed by atoms with van der Waals surface area (Å²) >= 11 is 0. The van der Waals surface area contributed by atoms with Gasteiger partial charge in [-0.2, -0.15) is 0 Å². The number of hydrogen-bond donors (Lipinski definition) is 0. The molecule has 0 saturated heterocycles. The van der Waals surface area contributed by atoms with E-state index in [0.29, 0.717) is 5.41 Å². The highest BCUT2D eigenvalue weighted by atomic mass is 14.0. The molecule has 3 radical (unpaired) electrons. The van der Waals surface area contributed by atoms with Crippen molar-refractivity contribution in [1.29, 1.82) is 0 Å². The molecule has 0 saturated carbocycles. The summed E-state index contributed by atoms with van der Waals surface area (Å²) in [7, 11) is 0. The van der Waals surface area contributed by atoms with Gasteiger partial charge in [0.25, 0.3) is 0 Å². The molecule has 0 nitrogen and oxygen atoms in total. The van der Waals surface area contributed by atoms with Gasteiger partial charge in [-0.3, -0.25) is 0 Å². The van der Waals surface area contributed by atoms with E-state index >= 15 is 0 Å². The van der Waals surface area contributed by atoms with E-state index in [9.17, 15) is 0 Å². The molecule has 0 atom stereocenters. The molecule has 12 heavy (non-hydrogen) atoms.